The Morgan fingerprint density at radius 1 is 1.12 bits per heavy atom. The molecule has 0 bridgehead atoms. The lowest BCUT2D eigenvalue weighted by molar-refractivity contribution is -0.142. The van der Waals surface area contributed by atoms with E-state index in [1.165, 1.54) is 27.2 Å². The van der Waals surface area contributed by atoms with Gasteiger partial charge in [0.2, 0.25) is 5.95 Å². The van der Waals surface area contributed by atoms with E-state index < -0.39 is 24.2 Å². The molecular formula is C30H54N6O7. The molecule has 1 aliphatic rings. The molecule has 6 N–H and O–H groups in total. The maximum Gasteiger partial charge on any atom is 0.308 e. The van der Waals surface area contributed by atoms with E-state index in [1.54, 1.807) is 20.2 Å². The van der Waals surface area contributed by atoms with Crippen molar-refractivity contribution in [3.63, 3.8) is 0 Å². The summed E-state index contributed by atoms with van der Waals surface area (Å²) in [6, 6.07) is -0.444. The van der Waals surface area contributed by atoms with E-state index in [-0.39, 0.29) is 23.8 Å². The number of fused-ring (bicyclic) bond motifs is 1. The highest BCUT2D eigenvalue weighted by atomic mass is 16.5. The van der Waals surface area contributed by atoms with Crippen molar-refractivity contribution in [3.8, 4) is 5.75 Å². The summed E-state index contributed by atoms with van der Waals surface area (Å²) in [5.74, 6) is 0.389. The van der Waals surface area contributed by atoms with Crippen molar-refractivity contribution in [2.24, 2.45) is 0 Å². The molecule has 2 aromatic rings. The zero-order valence-corrected chi connectivity index (χ0v) is 28.0. The Morgan fingerprint density at radius 2 is 1.70 bits per heavy atom. The first-order valence-corrected chi connectivity index (χ1v) is 14.9. The third-order valence-corrected chi connectivity index (χ3v) is 5.33. The molecule has 0 saturated heterocycles. The number of rotatable bonds is 7. The molecule has 0 spiro atoms. The molecule has 3 atom stereocenters. The molecule has 0 aromatic carbocycles. The molecule has 246 valence electrons. The summed E-state index contributed by atoms with van der Waals surface area (Å²) in [5.41, 5.74) is 2.14. The highest BCUT2D eigenvalue weighted by Gasteiger charge is 2.29. The summed E-state index contributed by atoms with van der Waals surface area (Å²) in [7, 11) is 1.65. The van der Waals surface area contributed by atoms with Gasteiger partial charge in [-0.2, -0.15) is 4.98 Å². The molecule has 0 saturated carbocycles. The highest BCUT2D eigenvalue weighted by molar-refractivity contribution is 5.71. The van der Waals surface area contributed by atoms with Crippen LogP contribution in [0.15, 0.2) is 11.0 Å². The second kappa shape index (κ2) is 22.8. The van der Waals surface area contributed by atoms with Gasteiger partial charge >= 0.3 is 11.9 Å². The molecule has 43 heavy (non-hydrogen) atoms. The predicted octanol–water partition coefficient (Wildman–Crippen LogP) is 4.17. The number of aromatic nitrogens is 3. The molecule has 1 aliphatic heterocycles. The molecule has 3 rings (SSSR count). The van der Waals surface area contributed by atoms with Gasteiger partial charge < -0.3 is 35.6 Å². The van der Waals surface area contributed by atoms with Crippen LogP contribution in [0, 0.1) is 6.92 Å². The predicted molar refractivity (Wildman–Crippen MR) is 172 cm³/mol. The SMILES string of the molecule is CC.CC.CCC.CCc1cnc(C)c(OC(C)=O)c1COC(C)=O.CNc1nc2c(c(=O)[nH]1)N[C@@H]([C@@H](O)[C@H](C)O)CN2. The fourth-order valence-corrected chi connectivity index (χ4v) is 3.43. The molecule has 0 fully saturated rings. The first kappa shape index (κ1) is 41.4. The van der Waals surface area contributed by atoms with Gasteiger partial charge in [-0.1, -0.05) is 54.9 Å². The standard InChI is InChI=1S/C13H17NO4.C10H17N5O3.C3H8.2C2H6/c1-5-11-6-14-8(2)13(18-10(4)16)12(11)7-17-9(3)15;1-4(16)7(17)5-3-12-8-6(13-5)9(18)15-10(11-2)14-8;1-3-2;2*1-2/h6H,5,7H2,1-4H3;4-5,7,13,16-17H,3H2,1-2H3,(H3,11,12,14,15,18);3H2,1-2H3;2*1-2H3/t;4-,5+,7-;;;/m.0.../s1. The van der Waals surface area contributed by atoms with E-state index >= 15 is 0 Å². The number of aryl methyl sites for hydroxylation is 2. The zero-order chi connectivity index (χ0) is 33.7. The minimum atomic E-state index is -0.964. The third kappa shape index (κ3) is 14.3. The fraction of sp³-hybridized carbons (Fsp3) is 0.633. The van der Waals surface area contributed by atoms with Crippen LogP contribution in [0.5, 0.6) is 5.75 Å². The topological polar surface area (TPSA) is 188 Å². The number of nitrogens with zero attached hydrogens (tertiary/aromatic N) is 2. The molecule has 0 amide bonds. The van der Waals surface area contributed by atoms with Gasteiger partial charge in [-0.25, -0.2) is 0 Å². The van der Waals surface area contributed by atoms with Crippen LogP contribution in [0.3, 0.4) is 0 Å². The molecule has 13 nitrogen and oxygen atoms in total. The Morgan fingerprint density at radius 3 is 2.16 bits per heavy atom. The third-order valence-electron chi connectivity index (χ3n) is 5.33. The van der Waals surface area contributed by atoms with Gasteiger partial charge in [0.1, 0.15) is 18.4 Å². The van der Waals surface area contributed by atoms with Crippen molar-refractivity contribution in [2.75, 3.05) is 29.5 Å². The van der Waals surface area contributed by atoms with Crippen molar-refractivity contribution >= 4 is 29.4 Å². The number of carbonyl (C=O) groups is 2. The summed E-state index contributed by atoms with van der Waals surface area (Å²) >= 11 is 0. The number of aliphatic hydroxyl groups excluding tert-OH is 2. The van der Waals surface area contributed by atoms with Gasteiger partial charge in [0.05, 0.1) is 17.8 Å². The maximum absolute atomic E-state index is 11.8. The Kier molecular flexibility index (Phi) is 22.0. The van der Waals surface area contributed by atoms with Crippen molar-refractivity contribution in [1.29, 1.82) is 0 Å². The molecule has 2 aromatic heterocycles. The van der Waals surface area contributed by atoms with Crippen LogP contribution < -0.4 is 26.2 Å². The van der Waals surface area contributed by atoms with Crippen LogP contribution in [0.1, 0.15) is 92.5 Å². The average molecular weight is 611 g/mol. The average Bonchev–Trinajstić information content (AvgIpc) is 2.99. The number of ether oxygens (including phenoxy) is 2. The lowest BCUT2D eigenvalue weighted by Gasteiger charge is -2.31. The maximum atomic E-state index is 11.8. The summed E-state index contributed by atoms with van der Waals surface area (Å²) in [5, 5.41) is 27.7. The number of hydrogen-bond acceptors (Lipinski definition) is 12. The number of H-pyrrole nitrogens is 1. The number of hydrogen-bond donors (Lipinski definition) is 6. The highest BCUT2D eigenvalue weighted by Crippen LogP contribution is 2.27. The van der Waals surface area contributed by atoms with E-state index in [9.17, 15) is 24.6 Å². The van der Waals surface area contributed by atoms with E-state index in [4.69, 9.17) is 9.47 Å². The minimum absolute atomic E-state index is 0.0878. The van der Waals surface area contributed by atoms with Gasteiger partial charge in [0, 0.05) is 39.2 Å². The minimum Gasteiger partial charge on any atom is -0.461 e. The normalized spacial score (nSPS) is 13.8. The molecular weight excluding hydrogens is 556 g/mol. The largest absolute Gasteiger partial charge is 0.461 e. The molecule has 0 unspecified atom stereocenters. The summed E-state index contributed by atoms with van der Waals surface area (Å²) in [6.45, 7) is 20.6. The van der Waals surface area contributed by atoms with Gasteiger partial charge in [0.25, 0.3) is 5.56 Å². The lowest BCUT2D eigenvalue weighted by atomic mass is 10.0. The van der Waals surface area contributed by atoms with Crippen molar-refractivity contribution < 1.29 is 29.3 Å². The molecule has 3 heterocycles. The number of nitrogens with one attached hydrogen (secondary N) is 4. The van der Waals surface area contributed by atoms with E-state index in [0.717, 1.165) is 12.0 Å². The smallest absolute Gasteiger partial charge is 0.308 e. The number of anilines is 3. The molecule has 13 heteroatoms. The first-order chi connectivity index (χ1) is 20.4. The number of aromatic amines is 1. The van der Waals surface area contributed by atoms with E-state index in [0.29, 0.717) is 35.3 Å². The Balaban J connectivity index is 0. The second-order valence-electron chi connectivity index (χ2n) is 8.86. The summed E-state index contributed by atoms with van der Waals surface area (Å²) < 4.78 is 10.1. The van der Waals surface area contributed by atoms with Crippen LogP contribution >= 0.6 is 0 Å². The fourth-order valence-electron chi connectivity index (χ4n) is 3.43. The molecule has 0 aliphatic carbocycles. The number of carbonyl (C=O) groups excluding carboxylic acids is 2. The monoisotopic (exact) mass is 610 g/mol. The van der Waals surface area contributed by atoms with Gasteiger partial charge in [0.15, 0.2) is 11.6 Å². The van der Waals surface area contributed by atoms with Gasteiger partial charge in [-0.15, -0.1) is 0 Å². The van der Waals surface area contributed by atoms with Crippen molar-refractivity contribution in [2.45, 2.75) is 114 Å². The van der Waals surface area contributed by atoms with Crippen LogP contribution in [0.4, 0.5) is 17.5 Å². The van der Waals surface area contributed by atoms with Crippen LogP contribution in [0.2, 0.25) is 0 Å². The van der Waals surface area contributed by atoms with E-state index in [1.807, 2.05) is 34.6 Å². The zero-order valence-electron chi connectivity index (χ0n) is 28.0. The van der Waals surface area contributed by atoms with Crippen LogP contribution in [0.25, 0.3) is 0 Å². The van der Waals surface area contributed by atoms with E-state index in [2.05, 4.69) is 44.7 Å². The van der Waals surface area contributed by atoms with Crippen LogP contribution in [-0.2, 0) is 27.4 Å². The lowest BCUT2D eigenvalue weighted by Crippen LogP contribution is -2.48. The Hall–Kier alpha value is -3.71. The van der Waals surface area contributed by atoms with Crippen LogP contribution in [-0.4, -0.2) is 68.9 Å². The quantitative estimate of drug-likeness (QED) is 0.246. The Labute approximate surface area is 256 Å². The van der Waals surface area contributed by atoms with Crippen molar-refractivity contribution in [1.82, 2.24) is 15.0 Å². The molecule has 0 radical (unpaired) electrons. The number of aliphatic hydroxyl groups is 2. The summed E-state index contributed by atoms with van der Waals surface area (Å²) in [6.07, 6.45) is 1.84. The first-order valence-electron chi connectivity index (χ1n) is 14.9. The second-order valence-corrected chi connectivity index (χ2v) is 8.86. The van der Waals surface area contributed by atoms with Gasteiger partial charge in [-0.3, -0.25) is 24.4 Å². The van der Waals surface area contributed by atoms with Crippen molar-refractivity contribution in [3.05, 3.63) is 33.4 Å². The number of esters is 2. The van der Waals surface area contributed by atoms with Gasteiger partial charge in [-0.05, 0) is 25.8 Å². The number of pyridine rings is 1. The summed E-state index contributed by atoms with van der Waals surface area (Å²) in [4.78, 5) is 44.7. The Bertz CT molecular complexity index is 1150.